The predicted molar refractivity (Wildman–Crippen MR) is 124 cm³/mol. The fourth-order valence-electron chi connectivity index (χ4n) is 3.13. The van der Waals surface area contributed by atoms with Crippen molar-refractivity contribution < 1.29 is 35.8 Å². The Morgan fingerprint density at radius 2 is 1.38 bits per heavy atom. The SMILES string of the molecule is COc1cc(C=Cc2cccc(NS(=O)(=O)c3ccc(C(F)(F)F)cc3)c2)cc(OC)c1OC. The van der Waals surface area contributed by atoms with Crippen molar-refractivity contribution in [3.8, 4) is 17.2 Å². The Morgan fingerprint density at radius 3 is 1.91 bits per heavy atom. The van der Waals surface area contributed by atoms with Crippen LogP contribution in [0.1, 0.15) is 16.7 Å². The molecule has 6 nitrogen and oxygen atoms in total. The summed E-state index contributed by atoms with van der Waals surface area (Å²) in [6.07, 6.45) is -1.00. The fraction of sp³-hybridized carbons (Fsp3) is 0.167. The minimum Gasteiger partial charge on any atom is -0.493 e. The van der Waals surface area contributed by atoms with Crippen molar-refractivity contribution in [3.63, 3.8) is 0 Å². The predicted octanol–water partition coefficient (Wildman–Crippen LogP) is 5.70. The van der Waals surface area contributed by atoms with Crippen LogP contribution < -0.4 is 18.9 Å². The van der Waals surface area contributed by atoms with Crippen LogP contribution in [-0.2, 0) is 16.2 Å². The number of sulfonamides is 1. The van der Waals surface area contributed by atoms with E-state index in [9.17, 15) is 21.6 Å². The van der Waals surface area contributed by atoms with Gasteiger partial charge < -0.3 is 14.2 Å². The monoisotopic (exact) mass is 493 g/mol. The number of rotatable bonds is 8. The number of halogens is 3. The molecule has 180 valence electrons. The molecule has 0 bridgehead atoms. The fourth-order valence-corrected chi connectivity index (χ4v) is 4.18. The summed E-state index contributed by atoms with van der Waals surface area (Å²) in [5, 5.41) is 0. The van der Waals surface area contributed by atoms with Gasteiger partial charge in [0, 0.05) is 5.69 Å². The summed E-state index contributed by atoms with van der Waals surface area (Å²) in [4.78, 5) is -0.279. The Hall–Kier alpha value is -3.66. The van der Waals surface area contributed by atoms with Gasteiger partial charge in [-0.25, -0.2) is 8.42 Å². The molecule has 0 unspecified atom stereocenters. The molecule has 0 aliphatic rings. The summed E-state index contributed by atoms with van der Waals surface area (Å²) < 4.78 is 81.8. The molecular formula is C24H22F3NO5S. The zero-order valence-corrected chi connectivity index (χ0v) is 19.3. The van der Waals surface area contributed by atoms with Crippen LogP contribution in [0, 0.1) is 0 Å². The Labute approximate surface area is 195 Å². The summed E-state index contributed by atoms with van der Waals surface area (Å²) in [6.45, 7) is 0. The lowest BCUT2D eigenvalue weighted by atomic mass is 10.1. The highest BCUT2D eigenvalue weighted by molar-refractivity contribution is 7.92. The average Bonchev–Trinajstić information content (AvgIpc) is 2.81. The molecule has 1 N–H and O–H groups in total. The van der Waals surface area contributed by atoms with Crippen LogP contribution in [0.25, 0.3) is 12.2 Å². The standard InChI is InChI=1S/C24H22F3NO5S/c1-31-21-14-17(15-22(32-2)23(21)33-3)8-7-16-5-4-6-19(13-16)28-34(29,30)20-11-9-18(10-12-20)24(25,26)27/h4-15,28H,1-3H3. The first-order chi connectivity index (χ1) is 16.1. The Balaban J connectivity index is 1.82. The smallest absolute Gasteiger partial charge is 0.416 e. The van der Waals surface area contributed by atoms with Crippen LogP contribution in [0.3, 0.4) is 0 Å². The molecule has 3 aromatic carbocycles. The van der Waals surface area contributed by atoms with Gasteiger partial charge in [-0.05, 0) is 59.7 Å². The summed E-state index contributed by atoms with van der Waals surface area (Å²) in [6, 6.07) is 13.4. The maximum atomic E-state index is 12.7. The zero-order valence-electron chi connectivity index (χ0n) is 18.5. The van der Waals surface area contributed by atoms with E-state index in [0.29, 0.717) is 22.8 Å². The lowest BCUT2D eigenvalue weighted by Gasteiger charge is -2.13. The number of benzene rings is 3. The summed E-state index contributed by atoms with van der Waals surface area (Å²) >= 11 is 0. The van der Waals surface area contributed by atoms with Crippen molar-refractivity contribution in [2.75, 3.05) is 26.1 Å². The van der Waals surface area contributed by atoms with E-state index in [0.717, 1.165) is 29.8 Å². The molecule has 10 heteroatoms. The molecule has 3 rings (SSSR count). The summed E-state index contributed by atoms with van der Waals surface area (Å²) in [7, 11) is 0.455. The first-order valence-corrected chi connectivity index (χ1v) is 11.3. The first-order valence-electron chi connectivity index (χ1n) is 9.85. The highest BCUT2D eigenvalue weighted by Crippen LogP contribution is 2.38. The zero-order chi connectivity index (χ0) is 24.9. The third-order valence-corrected chi connectivity index (χ3v) is 6.18. The molecule has 34 heavy (non-hydrogen) atoms. The first kappa shape index (κ1) is 25.0. The van der Waals surface area contributed by atoms with Gasteiger partial charge in [0.2, 0.25) is 5.75 Å². The number of nitrogens with one attached hydrogen (secondary N) is 1. The number of ether oxygens (including phenoxy) is 3. The lowest BCUT2D eigenvalue weighted by Crippen LogP contribution is -2.13. The van der Waals surface area contributed by atoms with Crippen LogP contribution in [0.4, 0.5) is 18.9 Å². The molecule has 0 aliphatic carbocycles. The van der Waals surface area contributed by atoms with E-state index in [1.807, 2.05) is 0 Å². The van der Waals surface area contributed by atoms with E-state index >= 15 is 0 Å². The van der Waals surface area contributed by atoms with Crippen LogP contribution in [0.15, 0.2) is 65.6 Å². The molecule has 0 aliphatic heterocycles. The Morgan fingerprint density at radius 1 is 0.794 bits per heavy atom. The number of methoxy groups -OCH3 is 3. The minimum absolute atomic E-state index is 0.256. The molecule has 0 heterocycles. The van der Waals surface area contributed by atoms with Crippen LogP contribution in [0.5, 0.6) is 17.2 Å². The summed E-state index contributed by atoms with van der Waals surface area (Å²) in [5.74, 6) is 1.43. The summed E-state index contributed by atoms with van der Waals surface area (Å²) in [5.41, 5.74) is 0.768. The van der Waals surface area contributed by atoms with Gasteiger partial charge >= 0.3 is 6.18 Å². The molecule has 0 radical (unpaired) electrons. The second-order valence-electron chi connectivity index (χ2n) is 7.05. The minimum atomic E-state index is -4.55. The molecule has 0 amide bonds. The Kier molecular flexibility index (Phi) is 7.41. The second-order valence-corrected chi connectivity index (χ2v) is 8.73. The number of alkyl halides is 3. The van der Waals surface area contributed by atoms with E-state index in [-0.39, 0.29) is 10.6 Å². The molecule has 3 aromatic rings. The van der Waals surface area contributed by atoms with E-state index in [1.54, 1.807) is 48.6 Å². The normalized spacial score (nSPS) is 11.9. The quantitative estimate of drug-likeness (QED) is 0.408. The number of hydrogen-bond acceptors (Lipinski definition) is 5. The van der Waals surface area contributed by atoms with E-state index in [2.05, 4.69) is 4.72 Å². The molecule has 0 spiro atoms. The van der Waals surface area contributed by atoms with Gasteiger partial charge in [-0.1, -0.05) is 24.3 Å². The van der Waals surface area contributed by atoms with Gasteiger partial charge in [0.05, 0.1) is 31.8 Å². The number of anilines is 1. The molecule has 0 saturated carbocycles. The van der Waals surface area contributed by atoms with Crippen LogP contribution >= 0.6 is 0 Å². The highest BCUT2D eigenvalue weighted by Gasteiger charge is 2.30. The molecule has 0 atom stereocenters. The van der Waals surface area contributed by atoms with Crippen molar-refractivity contribution in [2.24, 2.45) is 0 Å². The van der Waals surface area contributed by atoms with Gasteiger partial charge in [0.15, 0.2) is 11.5 Å². The van der Waals surface area contributed by atoms with Crippen molar-refractivity contribution in [1.82, 2.24) is 0 Å². The van der Waals surface area contributed by atoms with Crippen molar-refractivity contribution in [1.29, 1.82) is 0 Å². The third-order valence-electron chi connectivity index (χ3n) is 4.79. The van der Waals surface area contributed by atoms with E-state index < -0.39 is 21.8 Å². The van der Waals surface area contributed by atoms with Gasteiger partial charge in [-0.15, -0.1) is 0 Å². The third kappa shape index (κ3) is 5.82. The highest BCUT2D eigenvalue weighted by atomic mass is 32.2. The Bertz CT molecular complexity index is 1260. The maximum Gasteiger partial charge on any atom is 0.416 e. The molecular weight excluding hydrogens is 471 g/mol. The van der Waals surface area contributed by atoms with Crippen molar-refractivity contribution in [3.05, 3.63) is 77.4 Å². The van der Waals surface area contributed by atoms with Gasteiger partial charge in [0.25, 0.3) is 10.0 Å². The van der Waals surface area contributed by atoms with Crippen LogP contribution in [0.2, 0.25) is 0 Å². The molecule has 0 aromatic heterocycles. The average molecular weight is 494 g/mol. The van der Waals surface area contributed by atoms with Gasteiger partial charge in [-0.3, -0.25) is 4.72 Å². The van der Waals surface area contributed by atoms with Gasteiger partial charge in [0.1, 0.15) is 0 Å². The molecule has 0 saturated heterocycles. The second kappa shape index (κ2) is 10.1. The molecule has 0 fully saturated rings. The lowest BCUT2D eigenvalue weighted by molar-refractivity contribution is -0.137. The van der Waals surface area contributed by atoms with E-state index in [1.165, 1.54) is 21.3 Å². The van der Waals surface area contributed by atoms with E-state index in [4.69, 9.17) is 14.2 Å². The maximum absolute atomic E-state index is 12.7. The van der Waals surface area contributed by atoms with Crippen molar-refractivity contribution in [2.45, 2.75) is 11.1 Å². The topological polar surface area (TPSA) is 73.9 Å². The largest absolute Gasteiger partial charge is 0.493 e. The van der Waals surface area contributed by atoms with Gasteiger partial charge in [-0.2, -0.15) is 13.2 Å². The number of hydrogen-bond donors (Lipinski definition) is 1. The van der Waals surface area contributed by atoms with Crippen molar-refractivity contribution >= 4 is 27.9 Å². The van der Waals surface area contributed by atoms with Crippen LogP contribution in [-0.4, -0.2) is 29.7 Å².